The number of methoxy groups -OCH3 is 1. The number of hydrogen-bond acceptors (Lipinski definition) is 4. The van der Waals surface area contributed by atoms with Gasteiger partial charge in [0.2, 0.25) is 5.91 Å². The first-order valence-corrected chi connectivity index (χ1v) is 8.03. The van der Waals surface area contributed by atoms with E-state index in [0.717, 1.165) is 17.5 Å². The van der Waals surface area contributed by atoms with E-state index in [0.29, 0.717) is 12.1 Å². The van der Waals surface area contributed by atoms with Crippen molar-refractivity contribution in [3.63, 3.8) is 0 Å². The molecule has 1 atom stereocenters. The Bertz CT molecular complexity index is 620. The molecule has 0 saturated carbocycles. The van der Waals surface area contributed by atoms with Crippen LogP contribution in [0.5, 0.6) is 0 Å². The molecule has 1 heterocycles. The number of benzene rings is 1. The summed E-state index contributed by atoms with van der Waals surface area (Å²) in [7, 11) is 1.36. The van der Waals surface area contributed by atoms with Gasteiger partial charge in [0.05, 0.1) is 18.6 Å². The van der Waals surface area contributed by atoms with Crippen LogP contribution in [0.3, 0.4) is 0 Å². The van der Waals surface area contributed by atoms with E-state index in [1.54, 1.807) is 23.5 Å². The standard InChI is InChI=1S/C17H19NO3S/c1-12(15-8-10-22-11-15)16(19)18-9-7-13-3-5-14(6-4-13)17(20)21-2/h3-6,8,10-12H,7,9H2,1-2H3,(H,18,19). The molecule has 0 aliphatic carbocycles. The lowest BCUT2D eigenvalue weighted by Gasteiger charge is -2.11. The van der Waals surface area contributed by atoms with E-state index in [1.165, 1.54) is 7.11 Å². The minimum absolute atomic E-state index is 0.0320. The summed E-state index contributed by atoms with van der Waals surface area (Å²) in [6, 6.07) is 9.19. The molecule has 0 radical (unpaired) electrons. The van der Waals surface area contributed by atoms with Gasteiger partial charge in [-0.2, -0.15) is 11.3 Å². The first-order chi connectivity index (χ1) is 10.6. The van der Waals surface area contributed by atoms with Crippen LogP contribution in [0, 0.1) is 0 Å². The first-order valence-electron chi connectivity index (χ1n) is 7.09. The normalized spacial score (nSPS) is 11.7. The lowest BCUT2D eigenvalue weighted by Crippen LogP contribution is -2.29. The maximum atomic E-state index is 12.0. The third-order valence-electron chi connectivity index (χ3n) is 3.52. The van der Waals surface area contributed by atoms with Crippen LogP contribution in [0.25, 0.3) is 0 Å². The molecule has 22 heavy (non-hydrogen) atoms. The van der Waals surface area contributed by atoms with Gasteiger partial charge < -0.3 is 10.1 Å². The number of esters is 1. The van der Waals surface area contributed by atoms with Gasteiger partial charge in [-0.05, 0) is 53.4 Å². The minimum atomic E-state index is -0.343. The van der Waals surface area contributed by atoms with Crippen molar-refractivity contribution in [2.75, 3.05) is 13.7 Å². The monoisotopic (exact) mass is 317 g/mol. The molecule has 0 fully saturated rings. The molecule has 1 N–H and O–H groups in total. The summed E-state index contributed by atoms with van der Waals surface area (Å²) in [5, 5.41) is 6.91. The Kier molecular flexibility index (Phi) is 5.72. The maximum absolute atomic E-state index is 12.0. The van der Waals surface area contributed by atoms with Gasteiger partial charge in [-0.1, -0.05) is 12.1 Å². The fraction of sp³-hybridized carbons (Fsp3) is 0.294. The van der Waals surface area contributed by atoms with Crippen LogP contribution in [-0.4, -0.2) is 25.5 Å². The average molecular weight is 317 g/mol. The molecule has 0 bridgehead atoms. The second-order valence-corrected chi connectivity index (χ2v) is 5.79. The van der Waals surface area contributed by atoms with Crippen LogP contribution in [0.15, 0.2) is 41.1 Å². The fourth-order valence-corrected chi connectivity index (χ4v) is 2.84. The average Bonchev–Trinajstić information content (AvgIpc) is 3.08. The van der Waals surface area contributed by atoms with Crippen molar-refractivity contribution in [1.82, 2.24) is 5.32 Å². The Balaban J connectivity index is 1.81. The molecule has 2 aromatic rings. The van der Waals surface area contributed by atoms with Gasteiger partial charge in [-0.25, -0.2) is 4.79 Å². The zero-order chi connectivity index (χ0) is 15.9. The summed E-state index contributed by atoms with van der Waals surface area (Å²) >= 11 is 1.59. The zero-order valence-electron chi connectivity index (χ0n) is 12.7. The molecule has 0 saturated heterocycles. The molecule has 2 rings (SSSR count). The van der Waals surface area contributed by atoms with Crippen LogP contribution < -0.4 is 5.32 Å². The van der Waals surface area contributed by atoms with Gasteiger partial charge >= 0.3 is 5.97 Å². The van der Waals surface area contributed by atoms with E-state index in [1.807, 2.05) is 35.9 Å². The molecule has 0 spiro atoms. The first kappa shape index (κ1) is 16.2. The van der Waals surface area contributed by atoms with Crippen molar-refractivity contribution < 1.29 is 14.3 Å². The van der Waals surface area contributed by atoms with Gasteiger partial charge in [-0.3, -0.25) is 4.79 Å². The number of rotatable bonds is 6. The Morgan fingerprint density at radius 3 is 2.55 bits per heavy atom. The SMILES string of the molecule is COC(=O)c1ccc(CCNC(=O)C(C)c2ccsc2)cc1. The highest BCUT2D eigenvalue weighted by Gasteiger charge is 2.14. The molecule has 116 valence electrons. The van der Waals surface area contributed by atoms with Gasteiger partial charge in [-0.15, -0.1) is 0 Å². The minimum Gasteiger partial charge on any atom is -0.465 e. The highest BCUT2D eigenvalue weighted by Crippen LogP contribution is 2.18. The van der Waals surface area contributed by atoms with Crippen LogP contribution in [0.2, 0.25) is 0 Å². The number of nitrogens with one attached hydrogen (secondary N) is 1. The molecule has 5 heteroatoms. The van der Waals surface area contributed by atoms with Gasteiger partial charge in [0.1, 0.15) is 0 Å². The van der Waals surface area contributed by atoms with Crippen LogP contribution in [0.1, 0.15) is 34.3 Å². The van der Waals surface area contributed by atoms with E-state index in [-0.39, 0.29) is 17.8 Å². The Hall–Kier alpha value is -2.14. The molecular weight excluding hydrogens is 298 g/mol. The van der Waals surface area contributed by atoms with Crippen LogP contribution in [0.4, 0.5) is 0 Å². The number of carbonyl (C=O) groups is 2. The number of carbonyl (C=O) groups excluding carboxylic acids is 2. The van der Waals surface area contributed by atoms with Crippen molar-refractivity contribution >= 4 is 23.2 Å². The number of hydrogen-bond donors (Lipinski definition) is 1. The number of ether oxygens (including phenoxy) is 1. The van der Waals surface area contributed by atoms with Gasteiger partial charge in [0.25, 0.3) is 0 Å². The lowest BCUT2D eigenvalue weighted by molar-refractivity contribution is -0.122. The Morgan fingerprint density at radius 1 is 1.23 bits per heavy atom. The smallest absolute Gasteiger partial charge is 0.337 e. The molecular formula is C17H19NO3S. The summed E-state index contributed by atoms with van der Waals surface area (Å²) in [5.41, 5.74) is 2.64. The van der Waals surface area contributed by atoms with Crippen LogP contribution >= 0.6 is 11.3 Å². The predicted molar refractivity (Wildman–Crippen MR) is 87.2 cm³/mol. The third-order valence-corrected chi connectivity index (χ3v) is 4.23. The Morgan fingerprint density at radius 2 is 1.95 bits per heavy atom. The lowest BCUT2D eigenvalue weighted by atomic mass is 10.0. The second kappa shape index (κ2) is 7.75. The molecule has 4 nitrogen and oxygen atoms in total. The summed E-state index contributed by atoms with van der Waals surface area (Å²) in [6.07, 6.45) is 0.726. The molecule has 1 aromatic carbocycles. The van der Waals surface area contributed by atoms with Gasteiger partial charge in [0, 0.05) is 6.54 Å². The molecule has 1 aromatic heterocycles. The van der Waals surface area contributed by atoms with E-state index in [2.05, 4.69) is 10.1 Å². The fourth-order valence-electron chi connectivity index (χ4n) is 2.08. The summed E-state index contributed by atoms with van der Waals surface area (Å²) in [4.78, 5) is 23.4. The van der Waals surface area contributed by atoms with Crippen molar-refractivity contribution in [1.29, 1.82) is 0 Å². The largest absolute Gasteiger partial charge is 0.465 e. The summed E-state index contributed by atoms with van der Waals surface area (Å²) in [5.74, 6) is -0.443. The van der Waals surface area contributed by atoms with Gasteiger partial charge in [0.15, 0.2) is 0 Å². The van der Waals surface area contributed by atoms with E-state index >= 15 is 0 Å². The van der Waals surface area contributed by atoms with E-state index < -0.39 is 0 Å². The molecule has 0 aliphatic rings. The number of amides is 1. The molecule has 1 amide bonds. The van der Waals surface area contributed by atoms with Crippen molar-refractivity contribution in [3.8, 4) is 0 Å². The summed E-state index contributed by atoms with van der Waals surface area (Å²) < 4.78 is 4.66. The quantitative estimate of drug-likeness (QED) is 0.833. The van der Waals surface area contributed by atoms with Crippen molar-refractivity contribution in [2.45, 2.75) is 19.3 Å². The van der Waals surface area contributed by atoms with Crippen molar-refractivity contribution in [3.05, 3.63) is 57.8 Å². The molecule has 1 unspecified atom stereocenters. The number of thiophene rings is 1. The topological polar surface area (TPSA) is 55.4 Å². The second-order valence-electron chi connectivity index (χ2n) is 5.01. The van der Waals surface area contributed by atoms with Crippen LogP contribution in [-0.2, 0) is 16.0 Å². The predicted octanol–water partition coefficient (Wildman–Crippen LogP) is 3.00. The zero-order valence-corrected chi connectivity index (χ0v) is 13.5. The van der Waals surface area contributed by atoms with E-state index in [4.69, 9.17) is 0 Å². The van der Waals surface area contributed by atoms with E-state index in [9.17, 15) is 9.59 Å². The molecule has 0 aliphatic heterocycles. The maximum Gasteiger partial charge on any atom is 0.337 e. The van der Waals surface area contributed by atoms with Crippen molar-refractivity contribution in [2.24, 2.45) is 0 Å². The Labute approximate surface area is 134 Å². The highest BCUT2D eigenvalue weighted by molar-refractivity contribution is 7.08. The third kappa shape index (κ3) is 4.18. The summed E-state index contributed by atoms with van der Waals surface area (Å²) in [6.45, 7) is 2.48. The highest BCUT2D eigenvalue weighted by atomic mass is 32.1.